The molecular formula is C48H54N4O6. The first kappa shape index (κ1) is 39.3. The van der Waals surface area contributed by atoms with Crippen molar-refractivity contribution in [3.63, 3.8) is 0 Å². The molecule has 3 aliphatic heterocycles. The zero-order chi connectivity index (χ0) is 40.7. The number of Topliss-reactive ketones (excluding diaryl/α,β-unsaturated/α-hetero) is 2. The molecule has 1 N–H and O–H groups in total. The lowest BCUT2D eigenvalue weighted by Crippen LogP contribution is -2.42. The third-order valence-electron chi connectivity index (χ3n) is 13.4. The number of hydrogen-bond donors (Lipinski definition) is 1. The van der Waals surface area contributed by atoms with Crippen molar-refractivity contribution in [2.24, 2.45) is 23.2 Å². The van der Waals surface area contributed by atoms with Gasteiger partial charge in [-0.25, -0.2) is 0 Å². The summed E-state index contributed by atoms with van der Waals surface area (Å²) in [6.45, 7) is 9.73. The third-order valence-corrected chi connectivity index (χ3v) is 13.4. The number of likely N-dealkylation sites (tertiary alicyclic amines) is 1. The van der Waals surface area contributed by atoms with Gasteiger partial charge in [0.05, 0.1) is 26.1 Å². The van der Waals surface area contributed by atoms with E-state index < -0.39 is 11.8 Å². The van der Waals surface area contributed by atoms with Crippen LogP contribution in [0.2, 0.25) is 0 Å². The van der Waals surface area contributed by atoms with Crippen molar-refractivity contribution >= 4 is 34.7 Å². The van der Waals surface area contributed by atoms with Gasteiger partial charge >= 0.3 is 0 Å². The van der Waals surface area contributed by atoms with Crippen LogP contribution in [0.1, 0.15) is 113 Å². The van der Waals surface area contributed by atoms with Gasteiger partial charge in [-0.05, 0) is 110 Å². The molecule has 2 amide bonds. The Balaban J connectivity index is 0.785. The fourth-order valence-electron chi connectivity index (χ4n) is 10.3. The molecule has 2 aliphatic carbocycles. The molecule has 3 aromatic rings. The highest BCUT2D eigenvalue weighted by molar-refractivity contribution is 6.27. The number of pyridine rings is 1. The van der Waals surface area contributed by atoms with Crippen LogP contribution in [0, 0.1) is 23.2 Å². The number of benzene rings is 2. The molecule has 2 aromatic carbocycles. The van der Waals surface area contributed by atoms with Crippen LogP contribution in [-0.2, 0) is 22.4 Å². The summed E-state index contributed by atoms with van der Waals surface area (Å²) in [5.41, 5.74) is 8.91. The summed E-state index contributed by atoms with van der Waals surface area (Å²) >= 11 is 0. The van der Waals surface area contributed by atoms with Crippen LogP contribution < -0.4 is 14.8 Å². The minimum atomic E-state index is -0.934. The molecule has 5 aliphatic rings. The summed E-state index contributed by atoms with van der Waals surface area (Å²) in [4.78, 5) is 60.7. The predicted molar refractivity (Wildman–Crippen MR) is 223 cm³/mol. The lowest BCUT2D eigenvalue weighted by atomic mass is 9.60. The van der Waals surface area contributed by atoms with Crippen LogP contribution in [0.4, 0.5) is 0 Å². The number of allylic oxidation sites excluding steroid dienone is 1. The molecule has 2 unspecified atom stereocenters. The van der Waals surface area contributed by atoms with Crippen molar-refractivity contribution in [1.82, 2.24) is 20.1 Å². The van der Waals surface area contributed by atoms with Crippen molar-refractivity contribution in [3.8, 4) is 11.5 Å². The van der Waals surface area contributed by atoms with E-state index >= 15 is 0 Å². The molecule has 8 rings (SSSR count). The Labute approximate surface area is 341 Å². The highest BCUT2D eigenvalue weighted by Crippen LogP contribution is 2.54. The average molecular weight is 783 g/mol. The number of carbonyl (C=O) groups is 4. The Morgan fingerprint density at radius 1 is 0.931 bits per heavy atom. The van der Waals surface area contributed by atoms with Crippen LogP contribution in [0.3, 0.4) is 0 Å². The summed E-state index contributed by atoms with van der Waals surface area (Å²) in [5.74, 6) is 0.0745. The van der Waals surface area contributed by atoms with Gasteiger partial charge in [0, 0.05) is 84.4 Å². The maximum Gasteiger partial charge on any atom is 0.228 e. The zero-order valence-corrected chi connectivity index (χ0v) is 34.0. The van der Waals surface area contributed by atoms with E-state index in [1.165, 1.54) is 0 Å². The van der Waals surface area contributed by atoms with Crippen LogP contribution in [-0.4, -0.2) is 72.5 Å². The van der Waals surface area contributed by atoms with Crippen molar-refractivity contribution in [2.45, 2.75) is 77.0 Å². The normalized spacial score (nSPS) is 23.7. The fourth-order valence-corrected chi connectivity index (χ4v) is 10.3. The molecule has 1 spiro atoms. The largest absolute Gasteiger partial charge is 0.496 e. The van der Waals surface area contributed by atoms with Gasteiger partial charge in [0.15, 0.2) is 11.6 Å². The van der Waals surface area contributed by atoms with E-state index in [0.29, 0.717) is 42.0 Å². The number of aromatic nitrogens is 1. The Bertz CT molecular complexity index is 2210. The van der Waals surface area contributed by atoms with Crippen LogP contribution >= 0.6 is 0 Å². The number of rotatable bonds is 13. The summed E-state index contributed by atoms with van der Waals surface area (Å²) in [6.07, 6.45) is 16.1. The molecule has 3 fully saturated rings. The topological polar surface area (TPSA) is 118 Å². The van der Waals surface area contributed by atoms with E-state index in [-0.39, 0.29) is 28.8 Å². The molecule has 1 aromatic heterocycles. The Hall–Kier alpha value is -5.51. The summed E-state index contributed by atoms with van der Waals surface area (Å²) in [7, 11) is 5.44. The number of fused-ring (bicyclic) bond motifs is 2. The molecule has 4 heterocycles. The highest BCUT2D eigenvalue weighted by Gasteiger charge is 2.50. The Morgan fingerprint density at radius 2 is 1.67 bits per heavy atom. The van der Waals surface area contributed by atoms with Crippen LogP contribution in [0.5, 0.6) is 11.5 Å². The number of unbranched alkanes of at least 4 members (excludes halogenated alkanes) is 3. The number of ether oxygens (including phenoxy) is 2. The van der Waals surface area contributed by atoms with Gasteiger partial charge in [-0.15, -0.1) is 0 Å². The monoisotopic (exact) mass is 782 g/mol. The third kappa shape index (κ3) is 7.38. The standard InChI is InChI=1S/C48H54N4O6/c1-29-12-14-36(47(56)50-29)44-45(54)35-15-13-31(20-37(35)46(44)55)10-8-6-7-9-11-43(53)52-19-17-48(28-52)24-32(25-48)21-38-41(57-4)22-33(23-42(38)58-5)40-27-51(3)30(2)39-26-49-18-16-34(39)40/h13,15-16,18,20,22-23,26-27,32,36,44H,1-2,6-12,14,17,19,21,24-25,28H2,3-5H3,(H,50,56). The maximum absolute atomic E-state index is 13.3. The first-order valence-electron chi connectivity index (χ1n) is 20.8. The van der Waals surface area contributed by atoms with E-state index in [0.717, 1.165) is 121 Å². The molecular weight excluding hydrogens is 729 g/mol. The molecule has 58 heavy (non-hydrogen) atoms. The second-order valence-corrected chi connectivity index (χ2v) is 17.2. The van der Waals surface area contributed by atoms with E-state index in [2.05, 4.69) is 46.7 Å². The zero-order valence-electron chi connectivity index (χ0n) is 34.0. The van der Waals surface area contributed by atoms with E-state index in [1.54, 1.807) is 20.3 Å². The fraction of sp³-hybridized carbons (Fsp3) is 0.438. The van der Waals surface area contributed by atoms with Gasteiger partial charge in [0.25, 0.3) is 0 Å². The van der Waals surface area contributed by atoms with Gasteiger partial charge in [-0.2, -0.15) is 0 Å². The summed E-state index contributed by atoms with van der Waals surface area (Å²) < 4.78 is 12.0. The molecule has 2 saturated heterocycles. The SMILES string of the molecule is C=C1CCC(C2C(=O)c3ccc(CCCCCCC(=O)N4CCC5(CC(Cc6c(OC)cc(C7=CN(C)C(=C)c8cnccc87)cc6OC)C5)C4)cc3C2=O)C(=O)N1. The number of nitrogens with zero attached hydrogens (tertiary/aromatic N) is 3. The molecule has 1 saturated carbocycles. The minimum Gasteiger partial charge on any atom is -0.496 e. The number of aryl methyl sites for hydroxylation is 1. The van der Waals surface area contributed by atoms with Gasteiger partial charge in [-0.1, -0.05) is 38.1 Å². The molecule has 2 atom stereocenters. The number of ketones is 2. The number of methoxy groups -OCH3 is 2. The second-order valence-electron chi connectivity index (χ2n) is 17.2. The lowest BCUT2D eigenvalue weighted by molar-refractivity contribution is -0.131. The molecule has 0 radical (unpaired) electrons. The molecule has 0 bridgehead atoms. The van der Waals surface area contributed by atoms with E-state index in [4.69, 9.17) is 9.47 Å². The number of carbonyl (C=O) groups excluding carboxylic acids is 4. The van der Waals surface area contributed by atoms with E-state index in [9.17, 15) is 19.2 Å². The number of piperidine rings is 1. The minimum absolute atomic E-state index is 0.207. The van der Waals surface area contributed by atoms with Gasteiger partial charge < -0.3 is 24.6 Å². The first-order chi connectivity index (χ1) is 28.0. The van der Waals surface area contributed by atoms with Crippen molar-refractivity contribution < 1.29 is 28.7 Å². The van der Waals surface area contributed by atoms with Crippen molar-refractivity contribution in [2.75, 3.05) is 34.4 Å². The Morgan fingerprint density at radius 3 is 2.41 bits per heavy atom. The second kappa shape index (κ2) is 16.0. The smallest absolute Gasteiger partial charge is 0.228 e. The summed E-state index contributed by atoms with van der Waals surface area (Å²) in [5, 5.41) is 2.72. The molecule has 10 heteroatoms. The van der Waals surface area contributed by atoms with Crippen molar-refractivity contribution in [3.05, 3.63) is 113 Å². The Kier molecular flexibility index (Phi) is 10.9. The van der Waals surface area contributed by atoms with Crippen LogP contribution in [0.15, 0.2) is 73.8 Å². The first-order valence-corrected chi connectivity index (χ1v) is 20.8. The van der Waals surface area contributed by atoms with Gasteiger partial charge in [-0.3, -0.25) is 24.2 Å². The average Bonchev–Trinajstić information content (AvgIpc) is 3.76. The summed E-state index contributed by atoms with van der Waals surface area (Å²) in [6, 6.07) is 11.8. The molecule has 302 valence electrons. The highest BCUT2D eigenvalue weighted by atomic mass is 16.5. The molecule has 10 nitrogen and oxygen atoms in total. The number of amides is 2. The van der Waals surface area contributed by atoms with Crippen molar-refractivity contribution in [1.29, 1.82) is 0 Å². The van der Waals surface area contributed by atoms with E-state index in [1.807, 2.05) is 42.5 Å². The van der Waals surface area contributed by atoms with Crippen LogP contribution in [0.25, 0.3) is 11.3 Å². The van der Waals surface area contributed by atoms with Gasteiger partial charge in [0.2, 0.25) is 11.8 Å². The quantitative estimate of drug-likeness (QED) is 0.138. The number of hydrogen-bond acceptors (Lipinski definition) is 8. The van der Waals surface area contributed by atoms with Gasteiger partial charge in [0.1, 0.15) is 11.5 Å². The maximum atomic E-state index is 13.3. The lowest BCUT2D eigenvalue weighted by Gasteiger charge is -2.45. The predicted octanol–water partition coefficient (Wildman–Crippen LogP) is 7.80. The number of nitrogens with one attached hydrogen (secondary N) is 1.